The molecule has 3 nitrogen and oxygen atoms in total. The number of para-hydroxylation sites is 2. The first-order chi connectivity index (χ1) is 13.8. The van der Waals surface area contributed by atoms with Gasteiger partial charge in [-0.05, 0) is 52.7 Å². The Balaban J connectivity index is 1.86. The Morgan fingerprint density at radius 2 is 1.29 bits per heavy atom. The van der Waals surface area contributed by atoms with Crippen molar-refractivity contribution in [1.29, 1.82) is 0 Å². The molecule has 4 aromatic carbocycles. The molecule has 0 aliphatic heterocycles. The van der Waals surface area contributed by atoms with Crippen LogP contribution in [0, 0.1) is 0 Å². The summed E-state index contributed by atoms with van der Waals surface area (Å²) in [6.45, 7) is 0. The molecule has 0 fully saturated rings. The van der Waals surface area contributed by atoms with Crippen molar-refractivity contribution in [2.45, 2.75) is 0 Å². The summed E-state index contributed by atoms with van der Waals surface area (Å²) in [5.74, 6) is 0.803. The van der Waals surface area contributed by atoms with Crippen LogP contribution >= 0.6 is 11.6 Å². The highest BCUT2D eigenvalue weighted by Gasteiger charge is 2.16. The van der Waals surface area contributed by atoms with E-state index in [1.54, 1.807) is 0 Å². The molecule has 0 bridgehead atoms. The average molecular weight is 380 g/mol. The number of benzene rings is 4. The van der Waals surface area contributed by atoms with Crippen LogP contribution in [0.2, 0.25) is 5.28 Å². The highest BCUT2D eigenvalue weighted by Crippen LogP contribution is 2.36. The SMILES string of the molecule is Clc1nc(-n2c3ccccc3c3cc4ccccc4cc32)c2ccccc2n1. The fraction of sp³-hybridized carbons (Fsp3) is 0. The Morgan fingerprint density at radius 1 is 0.607 bits per heavy atom. The number of fused-ring (bicyclic) bond motifs is 5. The Kier molecular flexibility index (Phi) is 3.22. The lowest BCUT2D eigenvalue weighted by atomic mass is 10.1. The highest BCUT2D eigenvalue weighted by atomic mass is 35.5. The van der Waals surface area contributed by atoms with Crippen molar-refractivity contribution in [2.24, 2.45) is 0 Å². The Morgan fingerprint density at radius 3 is 2.14 bits per heavy atom. The third-order valence-corrected chi connectivity index (χ3v) is 5.48. The molecule has 132 valence electrons. The third-order valence-electron chi connectivity index (χ3n) is 5.31. The van der Waals surface area contributed by atoms with E-state index in [1.165, 1.54) is 21.5 Å². The van der Waals surface area contributed by atoms with Crippen molar-refractivity contribution >= 4 is 55.1 Å². The van der Waals surface area contributed by atoms with Crippen molar-refractivity contribution in [1.82, 2.24) is 14.5 Å². The summed E-state index contributed by atoms with van der Waals surface area (Å²) >= 11 is 6.30. The Hall–Kier alpha value is -3.43. The maximum Gasteiger partial charge on any atom is 0.224 e. The van der Waals surface area contributed by atoms with Crippen LogP contribution in [-0.4, -0.2) is 14.5 Å². The van der Waals surface area contributed by atoms with Gasteiger partial charge in [-0.3, -0.25) is 4.57 Å². The van der Waals surface area contributed by atoms with Crippen LogP contribution < -0.4 is 0 Å². The summed E-state index contributed by atoms with van der Waals surface area (Å²) in [4.78, 5) is 9.04. The largest absolute Gasteiger partial charge is 0.293 e. The van der Waals surface area contributed by atoms with Crippen molar-refractivity contribution in [2.75, 3.05) is 0 Å². The maximum absolute atomic E-state index is 6.30. The van der Waals surface area contributed by atoms with E-state index in [4.69, 9.17) is 11.6 Å². The molecule has 2 aromatic heterocycles. The summed E-state index contributed by atoms with van der Waals surface area (Å²) < 4.78 is 2.20. The first-order valence-electron chi connectivity index (χ1n) is 9.14. The van der Waals surface area contributed by atoms with E-state index >= 15 is 0 Å². The number of hydrogen-bond donors (Lipinski definition) is 0. The molecule has 0 saturated heterocycles. The Labute approximate surface area is 165 Å². The second kappa shape index (κ2) is 5.78. The minimum Gasteiger partial charge on any atom is -0.293 e. The number of nitrogens with zero attached hydrogens (tertiary/aromatic N) is 3. The molecule has 0 spiro atoms. The molecule has 28 heavy (non-hydrogen) atoms. The predicted molar refractivity (Wildman–Crippen MR) is 116 cm³/mol. The first kappa shape index (κ1) is 15.6. The lowest BCUT2D eigenvalue weighted by molar-refractivity contribution is 1.07. The van der Waals surface area contributed by atoms with Gasteiger partial charge in [0.15, 0.2) is 5.82 Å². The first-order valence-corrected chi connectivity index (χ1v) is 9.52. The minimum absolute atomic E-state index is 0.250. The van der Waals surface area contributed by atoms with E-state index in [-0.39, 0.29) is 5.28 Å². The van der Waals surface area contributed by atoms with Crippen LogP contribution in [-0.2, 0) is 0 Å². The van der Waals surface area contributed by atoms with Crippen LogP contribution in [0.5, 0.6) is 0 Å². The quantitative estimate of drug-likeness (QED) is 0.304. The van der Waals surface area contributed by atoms with Crippen LogP contribution in [0.25, 0.3) is 49.3 Å². The minimum atomic E-state index is 0.250. The monoisotopic (exact) mass is 379 g/mol. The molecule has 0 atom stereocenters. The van der Waals surface area contributed by atoms with Gasteiger partial charge < -0.3 is 0 Å². The molecular formula is C24H14ClN3. The fourth-order valence-electron chi connectivity index (χ4n) is 4.09. The smallest absolute Gasteiger partial charge is 0.224 e. The summed E-state index contributed by atoms with van der Waals surface area (Å²) in [5.41, 5.74) is 3.05. The molecule has 0 unspecified atom stereocenters. The van der Waals surface area contributed by atoms with Gasteiger partial charge in [-0.2, -0.15) is 4.98 Å². The van der Waals surface area contributed by atoms with E-state index in [0.717, 1.165) is 27.8 Å². The van der Waals surface area contributed by atoms with E-state index in [9.17, 15) is 0 Å². The molecule has 6 aromatic rings. The maximum atomic E-state index is 6.30. The van der Waals surface area contributed by atoms with Gasteiger partial charge in [0.25, 0.3) is 0 Å². The van der Waals surface area contributed by atoms with E-state index in [0.29, 0.717) is 0 Å². The molecule has 0 aliphatic rings. The number of aromatic nitrogens is 3. The molecule has 2 heterocycles. The molecule has 0 saturated carbocycles. The van der Waals surface area contributed by atoms with Crippen LogP contribution in [0.1, 0.15) is 0 Å². The Bertz CT molecular complexity index is 1530. The van der Waals surface area contributed by atoms with Gasteiger partial charge in [0.2, 0.25) is 5.28 Å². The zero-order chi connectivity index (χ0) is 18.7. The summed E-state index contributed by atoms with van der Waals surface area (Å²) in [6, 6.07) is 29.3. The van der Waals surface area contributed by atoms with Gasteiger partial charge in [0.1, 0.15) is 0 Å². The van der Waals surface area contributed by atoms with Crippen LogP contribution in [0.15, 0.2) is 84.9 Å². The number of rotatable bonds is 1. The van der Waals surface area contributed by atoms with E-state index in [1.807, 2.05) is 24.3 Å². The van der Waals surface area contributed by atoms with Crippen LogP contribution in [0.3, 0.4) is 0 Å². The second-order valence-electron chi connectivity index (χ2n) is 6.90. The predicted octanol–water partition coefficient (Wildman–Crippen LogP) is 6.53. The molecule has 0 aliphatic carbocycles. The summed E-state index contributed by atoms with van der Waals surface area (Å²) in [6.07, 6.45) is 0. The van der Waals surface area contributed by atoms with Gasteiger partial charge in [0, 0.05) is 16.2 Å². The molecule has 4 heteroatoms. The van der Waals surface area contributed by atoms with Crippen molar-refractivity contribution in [3.63, 3.8) is 0 Å². The normalized spacial score (nSPS) is 11.8. The van der Waals surface area contributed by atoms with Crippen molar-refractivity contribution < 1.29 is 0 Å². The zero-order valence-electron chi connectivity index (χ0n) is 14.8. The number of halogens is 1. The van der Waals surface area contributed by atoms with Gasteiger partial charge in [0.05, 0.1) is 16.6 Å². The summed E-state index contributed by atoms with van der Waals surface area (Å²) in [5, 5.41) is 6.05. The number of hydrogen-bond acceptors (Lipinski definition) is 2. The van der Waals surface area contributed by atoms with Crippen molar-refractivity contribution in [3.8, 4) is 5.82 Å². The lowest BCUT2D eigenvalue weighted by Gasteiger charge is -2.10. The molecule has 6 rings (SSSR count). The second-order valence-corrected chi connectivity index (χ2v) is 7.24. The van der Waals surface area contributed by atoms with E-state index in [2.05, 4.69) is 75.2 Å². The molecular weight excluding hydrogens is 366 g/mol. The van der Waals surface area contributed by atoms with Gasteiger partial charge >= 0.3 is 0 Å². The summed E-state index contributed by atoms with van der Waals surface area (Å²) in [7, 11) is 0. The van der Waals surface area contributed by atoms with Crippen LogP contribution in [0.4, 0.5) is 0 Å². The molecule has 0 radical (unpaired) electrons. The van der Waals surface area contributed by atoms with E-state index < -0.39 is 0 Å². The zero-order valence-corrected chi connectivity index (χ0v) is 15.6. The van der Waals surface area contributed by atoms with Gasteiger partial charge in [-0.1, -0.05) is 54.6 Å². The molecule has 0 N–H and O–H groups in total. The van der Waals surface area contributed by atoms with Gasteiger partial charge in [-0.25, -0.2) is 4.98 Å². The standard InChI is InChI=1S/C24H14ClN3/c25-24-26-20-11-5-3-10-18(20)23(27-24)28-21-12-6-4-9-17(21)19-13-15-7-1-2-8-16(15)14-22(19)28/h1-14H. The average Bonchev–Trinajstić information content (AvgIpc) is 3.05. The molecule has 0 amide bonds. The fourth-order valence-corrected chi connectivity index (χ4v) is 4.26. The van der Waals surface area contributed by atoms with Crippen molar-refractivity contribution in [3.05, 3.63) is 90.2 Å². The lowest BCUT2D eigenvalue weighted by Crippen LogP contribution is -2.00. The topological polar surface area (TPSA) is 30.7 Å². The highest BCUT2D eigenvalue weighted by molar-refractivity contribution is 6.28. The van der Waals surface area contributed by atoms with Gasteiger partial charge in [-0.15, -0.1) is 0 Å². The third kappa shape index (κ3) is 2.17.